The van der Waals surface area contributed by atoms with Crippen LogP contribution < -0.4 is 0 Å². The smallest absolute Gasteiger partial charge is 0.222 e. The Morgan fingerprint density at radius 2 is 1.93 bits per heavy atom. The topological polar surface area (TPSA) is 21.6 Å². The molecule has 1 aromatic carbocycles. The predicted octanol–water partition coefficient (Wildman–Crippen LogP) is 3.31. The van der Waals surface area contributed by atoms with E-state index in [0.29, 0.717) is 0 Å². The minimum atomic E-state index is -0.207. The Kier molecular flexibility index (Phi) is 1.46. The fourth-order valence-corrected chi connectivity index (χ4v) is 2.12. The summed E-state index contributed by atoms with van der Waals surface area (Å²) in [5.41, 5.74) is 4.48. The number of fused-ring (bicyclic) bond motifs is 3. The number of rotatable bonds is 0. The maximum absolute atomic E-state index is 5.84. The van der Waals surface area contributed by atoms with Gasteiger partial charge < -0.3 is 4.74 Å². The molecule has 1 aromatic rings. The van der Waals surface area contributed by atoms with E-state index in [4.69, 9.17) is 4.74 Å². The average molecular weight is 199 g/mol. The molecule has 0 amide bonds. The molecular formula is C13H13NO. The van der Waals surface area contributed by atoms with E-state index in [2.05, 4.69) is 31.8 Å². The van der Waals surface area contributed by atoms with Crippen LogP contribution in [0, 0.1) is 0 Å². The molecule has 2 nitrogen and oxygen atoms in total. The van der Waals surface area contributed by atoms with Gasteiger partial charge in [-0.1, -0.05) is 18.2 Å². The van der Waals surface area contributed by atoms with Crippen LogP contribution in [-0.2, 0) is 4.74 Å². The molecule has 2 heteroatoms. The number of para-hydroxylation sites is 1. The van der Waals surface area contributed by atoms with Crippen molar-refractivity contribution in [2.24, 2.45) is 4.99 Å². The van der Waals surface area contributed by atoms with Gasteiger partial charge in [-0.25, -0.2) is 4.99 Å². The van der Waals surface area contributed by atoms with Crippen LogP contribution in [0.3, 0.4) is 0 Å². The second-order valence-corrected chi connectivity index (χ2v) is 4.55. The molecule has 3 rings (SSSR count). The van der Waals surface area contributed by atoms with Crippen LogP contribution in [0.15, 0.2) is 34.8 Å². The molecule has 0 N–H and O–H groups in total. The maximum atomic E-state index is 5.84. The van der Waals surface area contributed by atoms with Crippen LogP contribution in [-0.4, -0.2) is 11.5 Å². The van der Waals surface area contributed by atoms with Crippen molar-refractivity contribution >= 4 is 17.2 Å². The van der Waals surface area contributed by atoms with Crippen LogP contribution in [0.4, 0.5) is 5.69 Å². The zero-order valence-electron chi connectivity index (χ0n) is 9.16. The molecule has 0 fully saturated rings. The van der Waals surface area contributed by atoms with Gasteiger partial charge in [-0.15, -0.1) is 0 Å². The van der Waals surface area contributed by atoms with Crippen molar-refractivity contribution in [2.75, 3.05) is 0 Å². The average Bonchev–Trinajstić information content (AvgIpc) is 2.62. The van der Waals surface area contributed by atoms with Crippen molar-refractivity contribution in [3.63, 3.8) is 0 Å². The Balaban J connectivity index is 2.28. The normalized spacial score (nSPS) is 20.9. The lowest BCUT2D eigenvalue weighted by atomic mass is 9.94. The summed E-state index contributed by atoms with van der Waals surface area (Å²) in [5.74, 6) is 0.790. The summed E-state index contributed by atoms with van der Waals surface area (Å²) in [6.45, 7) is 6.29. The van der Waals surface area contributed by atoms with Gasteiger partial charge in [-0.05, 0) is 32.4 Å². The molecule has 0 atom stereocenters. The molecule has 0 spiro atoms. The first kappa shape index (κ1) is 8.72. The largest absolute Gasteiger partial charge is 0.467 e. The van der Waals surface area contributed by atoms with Gasteiger partial charge in [0.2, 0.25) is 5.90 Å². The van der Waals surface area contributed by atoms with E-state index >= 15 is 0 Å². The minimum absolute atomic E-state index is 0.207. The van der Waals surface area contributed by atoms with E-state index in [-0.39, 0.29) is 5.60 Å². The van der Waals surface area contributed by atoms with Crippen molar-refractivity contribution in [1.29, 1.82) is 0 Å². The molecule has 0 aromatic heterocycles. The lowest BCUT2D eigenvalue weighted by molar-refractivity contribution is 0.150. The van der Waals surface area contributed by atoms with E-state index < -0.39 is 0 Å². The number of ether oxygens (including phenoxy) is 1. The zero-order valence-corrected chi connectivity index (χ0v) is 9.16. The van der Waals surface area contributed by atoms with Gasteiger partial charge in [0.25, 0.3) is 0 Å². The number of aliphatic imine (C=N–C) groups is 1. The molecule has 76 valence electrons. The highest BCUT2D eigenvalue weighted by molar-refractivity contribution is 6.27. The number of hydrogen-bond donors (Lipinski definition) is 0. The maximum Gasteiger partial charge on any atom is 0.222 e. The number of benzene rings is 1. The van der Waals surface area contributed by atoms with Gasteiger partial charge in [0.1, 0.15) is 5.60 Å². The second-order valence-electron chi connectivity index (χ2n) is 4.55. The van der Waals surface area contributed by atoms with Crippen molar-refractivity contribution in [3.05, 3.63) is 35.4 Å². The zero-order chi connectivity index (χ0) is 10.6. The highest BCUT2D eigenvalue weighted by Gasteiger charge is 2.39. The Morgan fingerprint density at radius 3 is 2.73 bits per heavy atom. The Bertz CT molecular complexity index is 509. The molecule has 2 aliphatic rings. The van der Waals surface area contributed by atoms with E-state index in [1.54, 1.807) is 0 Å². The molecule has 0 unspecified atom stereocenters. The predicted molar refractivity (Wildman–Crippen MR) is 61.3 cm³/mol. The van der Waals surface area contributed by atoms with Gasteiger partial charge in [0, 0.05) is 11.1 Å². The summed E-state index contributed by atoms with van der Waals surface area (Å²) >= 11 is 0. The monoisotopic (exact) mass is 199 g/mol. The quantitative estimate of drug-likeness (QED) is 0.628. The summed E-state index contributed by atoms with van der Waals surface area (Å²) < 4.78 is 5.84. The SMILES string of the molecule is CC1=C2C(=Nc3ccccc32)OC1(C)C. The molecule has 0 saturated heterocycles. The van der Waals surface area contributed by atoms with E-state index in [1.807, 2.05) is 18.2 Å². The third kappa shape index (κ3) is 1.02. The third-order valence-electron chi connectivity index (χ3n) is 3.24. The molecule has 15 heavy (non-hydrogen) atoms. The van der Waals surface area contributed by atoms with E-state index in [0.717, 1.165) is 11.6 Å². The second kappa shape index (κ2) is 2.51. The fraction of sp³-hybridized carbons (Fsp3) is 0.308. The van der Waals surface area contributed by atoms with Crippen molar-refractivity contribution in [1.82, 2.24) is 0 Å². The molecule has 2 aliphatic heterocycles. The molecule has 0 saturated carbocycles. The molecule has 2 heterocycles. The molecule has 0 radical (unpaired) electrons. The number of hydrogen-bond acceptors (Lipinski definition) is 2. The Labute approximate surface area is 89.3 Å². The molecule has 0 bridgehead atoms. The summed E-state index contributed by atoms with van der Waals surface area (Å²) in [6, 6.07) is 8.18. The lowest BCUT2D eigenvalue weighted by Gasteiger charge is -2.19. The van der Waals surface area contributed by atoms with Gasteiger partial charge in [0.15, 0.2) is 0 Å². The van der Waals surface area contributed by atoms with E-state index in [1.165, 1.54) is 16.7 Å². The van der Waals surface area contributed by atoms with Crippen LogP contribution in [0.25, 0.3) is 5.57 Å². The van der Waals surface area contributed by atoms with Crippen molar-refractivity contribution in [3.8, 4) is 0 Å². The standard InChI is InChI=1S/C13H13NO/c1-8-11-9-6-4-5-7-10(9)14-12(11)15-13(8,2)3/h4-7H,1-3H3. The highest BCUT2D eigenvalue weighted by atomic mass is 16.5. The molecular weight excluding hydrogens is 186 g/mol. The number of nitrogens with zero attached hydrogens (tertiary/aromatic N) is 1. The van der Waals surface area contributed by atoms with Crippen molar-refractivity contribution in [2.45, 2.75) is 26.4 Å². The first-order valence-corrected chi connectivity index (χ1v) is 5.18. The summed E-state index contributed by atoms with van der Waals surface area (Å²) in [5, 5.41) is 0. The first-order valence-electron chi connectivity index (χ1n) is 5.18. The Morgan fingerprint density at radius 1 is 1.20 bits per heavy atom. The van der Waals surface area contributed by atoms with E-state index in [9.17, 15) is 0 Å². The van der Waals surface area contributed by atoms with Gasteiger partial charge in [0.05, 0.1) is 5.69 Å². The third-order valence-corrected chi connectivity index (χ3v) is 3.24. The van der Waals surface area contributed by atoms with Crippen LogP contribution in [0.2, 0.25) is 0 Å². The molecule has 0 aliphatic carbocycles. The van der Waals surface area contributed by atoms with Gasteiger partial charge in [-0.2, -0.15) is 0 Å². The van der Waals surface area contributed by atoms with Gasteiger partial charge >= 0.3 is 0 Å². The minimum Gasteiger partial charge on any atom is -0.467 e. The summed E-state index contributed by atoms with van der Waals surface area (Å²) in [6.07, 6.45) is 0. The fourth-order valence-electron chi connectivity index (χ4n) is 2.12. The van der Waals surface area contributed by atoms with Crippen LogP contribution in [0.5, 0.6) is 0 Å². The van der Waals surface area contributed by atoms with Crippen molar-refractivity contribution < 1.29 is 4.74 Å². The summed E-state index contributed by atoms with van der Waals surface area (Å²) in [4.78, 5) is 4.50. The summed E-state index contributed by atoms with van der Waals surface area (Å²) in [7, 11) is 0. The lowest BCUT2D eigenvalue weighted by Crippen LogP contribution is -2.21. The van der Waals surface area contributed by atoms with Crippen LogP contribution >= 0.6 is 0 Å². The Hall–Kier alpha value is -1.57. The first-order chi connectivity index (χ1) is 7.09. The highest BCUT2D eigenvalue weighted by Crippen LogP contribution is 2.45. The van der Waals surface area contributed by atoms with Gasteiger partial charge in [-0.3, -0.25) is 0 Å². The van der Waals surface area contributed by atoms with Crippen LogP contribution in [0.1, 0.15) is 26.3 Å².